The second-order valence-corrected chi connectivity index (χ2v) is 2.58. The van der Waals surface area contributed by atoms with E-state index >= 15 is 0 Å². The summed E-state index contributed by atoms with van der Waals surface area (Å²) >= 11 is 0. The molecule has 0 amide bonds. The molecule has 0 N–H and O–H groups in total. The van der Waals surface area contributed by atoms with E-state index < -0.39 is 0 Å². The Hall–Kier alpha value is -2.08. The van der Waals surface area contributed by atoms with Crippen molar-refractivity contribution in [2.75, 3.05) is 7.11 Å². The minimum Gasteiger partial charge on any atom is -0.465 e. The van der Waals surface area contributed by atoms with E-state index in [1.54, 1.807) is 30.3 Å². The molecule has 1 aromatic carbocycles. The molecule has 3 nitrogen and oxygen atoms in total. The molecule has 1 aromatic rings. The fourth-order valence-electron chi connectivity index (χ4n) is 1.02. The first kappa shape index (κ1) is 10.0. The molecule has 70 valence electrons. The van der Waals surface area contributed by atoms with Gasteiger partial charge < -0.3 is 4.74 Å². The molecule has 0 fully saturated rings. The van der Waals surface area contributed by atoms with Crippen molar-refractivity contribution >= 4 is 12.0 Å². The van der Waals surface area contributed by atoms with E-state index in [2.05, 4.69) is 4.74 Å². The summed E-state index contributed by atoms with van der Waals surface area (Å²) in [6.07, 6.45) is 2.99. The van der Waals surface area contributed by atoms with Gasteiger partial charge >= 0.3 is 5.97 Å². The highest BCUT2D eigenvalue weighted by atomic mass is 16.5. The number of methoxy groups -OCH3 is 1. The van der Waals surface area contributed by atoms with Crippen LogP contribution in [0.4, 0.5) is 0 Å². The van der Waals surface area contributed by atoms with Crippen LogP contribution in [0.15, 0.2) is 30.3 Å². The quantitative estimate of drug-likeness (QED) is 0.525. The molecule has 0 spiro atoms. The van der Waals surface area contributed by atoms with Crippen molar-refractivity contribution in [1.82, 2.24) is 0 Å². The van der Waals surface area contributed by atoms with E-state index in [1.165, 1.54) is 13.2 Å². The largest absolute Gasteiger partial charge is 0.465 e. The number of hydrogen-bond acceptors (Lipinski definition) is 3. The Morgan fingerprint density at radius 3 is 3.00 bits per heavy atom. The molecule has 0 aliphatic carbocycles. The fraction of sp³-hybridized carbons (Fsp3) is 0.0909. The van der Waals surface area contributed by atoms with E-state index in [4.69, 9.17) is 5.26 Å². The molecule has 0 radical (unpaired) electrons. The molecule has 0 aromatic heterocycles. The number of nitriles is 1. The average molecular weight is 187 g/mol. The van der Waals surface area contributed by atoms with Crippen LogP contribution < -0.4 is 0 Å². The number of allylic oxidation sites excluding steroid dienone is 1. The third-order valence-electron chi connectivity index (χ3n) is 1.66. The second kappa shape index (κ2) is 4.83. The number of esters is 1. The monoisotopic (exact) mass is 187 g/mol. The number of nitrogens with zero attached hydrogens (tertiary/aromatic N) is 1. The van der Waals surface area contributed by atoms with Crippen molar-refractivity contribution in [3.05, 3.63) is 41.5 Å². The highest BCUT2D eigenvalue weighted by Gasteiger charge is 2.03. The van der Waals surface area contributed by atoms with Crippen molar-refractivity contribution in [2.24, 2.45) is 0 Å². The van der Waals surface area contributed by atoms with Crippen molar-refractivity contribution in [2.45, 2.75) is 0 Å². The third-order valence-corrected chi connectivity index (χ3v) is 1.66. The van der Waals surface area contributed by atoms with Crippen LogP contribution in [0.5, 0.6) is 0 Å². The summed E-state index contributed by atoms with van der Waals surface area (Å²) in [6, 6.07) is 8.76. The lowest BCUT2D eigenvalue weighted by Gasteiger charge is -1.99. The zero-order valence-corrected chi connectivity index (χ0v) is 7.73. The van der Waals surface area contributed by atoms with Crippen LogP contribution in [0.25, 0.3) is 6.08 Å². The third kappa shape index (κ3) is 2.46. The standard InChI is InChI=1S/C11H9NO2/c1-14-11(13)10-6-2-4-9(8-10)5-3-7-12/h2-6,8H,1H3/b5-3+. The van der Waals surface area contributed by atoms with Crippen LogP contribution in [0.2, 0.25) is 0 Å². The van der Waals surface area contributed by atoms with E-state index in [-0.39, 0.29) is 5.97 Å². The molecule has 0 saturated heterocycles. The Morgan fingerprint density at radius 1 is 1.57 bits per heavy atom. The lowest BCUT2D eigenvalue weighted by Crippen LogP contribution is -2.00. The molecule has 0 atom stereocenters. The van der Waals surface area contributed by atoms with Crippen LogP contribution >= 0.6 is 0 Å². The van der Waals surface area contributed by atoms with Gasteiger partial charge in [0.05, 0.1) is 18.7 Å². The summed E-state index contributed by atoms with van der Waals surface area (Å²) in [5.74, 6) is -0.378. The van der Waals surface area contributed by atoms with Crippen molar-refractivity contribution in [3.63, 3.8) is 0 Å². The van der Waals surface area contributed by atoms with Crippen LogP contribution in [0, 0.1) is 11.3 Å². The van der Waals surface area contributed by atoms with Gasteiger partial charge in [0.25, 0.3) is 0 Å². The van der Waals surface area contributed by atoms with Crippen molar-refractivity contribution < 1.29 is 9.53 Å². The lowest BCUT2D eigenvalue weighted by molar-refractivity contribution is 0.0600. The first-order valence-corrected chi connectivity index (χ1v) is 4.02. The summed E-state index contributed by atoms with van der Waals surface area (Å²) in [5, 5.41) is 8.32. The molecule has 0 aliphatic rings. The van der Waals surface area contributed by atoms with Gasteiger partial charge in [-0.3, -0.25) is 0 Å². The molecule has 14 heavy (non-hydrogen) atoms. The van der Waals surface area contributed by atoms with Crippen LogP contribution in [-0.2, 0) is 4.74 Å². The Morgan fingerprint density at radius 2 is 2.36 bits per heavy atom. The SMILES string of the molecule is COC(=O)c1cccc(/C=C/C#N)c1. The smallest absolute Gasteiger partial charge is 0.337 e. The average Bonchev–Trinajstić information content (AvgIpc) is 2.25. The topological polar surface area (TPSA) is 50.1 Å². The predicted octanol–water partition coefficient (Wildman–Crippen LogP) is 2.01. The normalized spacial score (nSPS) is 9.71. The first-order valence-electron chi connectivity index (χ1n) is 4.02. The van der Waals surface area contributed by atoms with Gasteiger partial charge in [-0.25, -0.2) is 4.79 Å². The van der Waals surface area contributed by atoms with Gasteiger partial charge in [-0.2, -0.15) is 5.26 Å². The number of hydrogen-bond donors (Lipinski definition) is 0. The van der Waals surface area contributed by atoms with Gasteiger partial charge in [-0.1, -0.05) is 12.1 Å². The minimum absolute atomic E-state index is 0.378. The zero-order valence-electron chi connectivity index (χ0n) is 7.73. The number of carbonyl (C=O) groups excluding carboxylic acids is 1. The predicted molar refractivity (Wildman–Crippen MR) is 52.4 cm³/mol. The van der Waals surface area contributed by atoms with Gasteiger partial charge in [0.15, 0.2) is 0 Å². The second-order valence-electron chi connectivity index (χ2n) is 2.58. The van der Waals surface area contributed by atoms with E-state index in [0.29, 0.717) is 5.56 Å². The van der Waals surface area contributed by atoms with Crippen molar-refractivity contribution in [3.8, 4) is 6.07 Å². The molecule has 0 unspecified atom stereocenters. The molecule has 0 bridgehead atoms. The molecular weight excluding hydrogens is 178 g/mol. The maximum absolute atomic E-state index is 11.1. The summed E-state index contributed by atoms with van der Waals surface area (Å²) in [5.41, 5.74) is 1.28. The molecule has 0 heterocycles. The van der Waals surface area contributed by atoms with E-state index in [9.17, 15) is 4.79 Å². The summed E-state index contributed by atoms with van der Waals surface area (Å²) in [4.78, 5) is 11.1. The highest BCUT2D eigenvalue weighted by Crippen LogP contribution is 2.07. The molecule has 0 aliphatic heterocycles. The van der Waals surface area contributed by atoms with Gasteiger partial charge in [0.2, 0.25) is 0 Å². The van der Waals surface area contributed by atoms with Crippen LogP contribution in [0.1, 0.15) is 15.9 Å². The molecular formula is C11H9NO2. The lowest BCUT2D eigenvalue weighted by atomic mass is 10.1. The number of rotatable bonds is 2. The number of benzene rings is 1. The van der Waals surface area contributed by atoms with Crippen LogP contribution in [-0.4, -0.2) is 13.1 Å². The maximum atomic E-state index is 11.1. The zero-order chi connectivity index (χ0) is 10.4. The summed E-state index contributed by atoms with van der Waals surface area (Å²) < 4.78 is 4.57. The fourth-order valence-corrected chi connectivity index (χ4v) is 1.02. The highest BCUT2D eigenvalue weighted by molar-refractivity contribution is 5.90. The van der Waals surface area contributed by atoms with Gasteiger partial charge in [0.1, 0.15) is 0 Å². The Bertz CT molecular complexity index is 402. The molecule has 3 heteroatoms. The summed E-state index contributed by atoms with van der Waals surface area (Å²) in [7, 11) is 1.33. The Kier molecular flexibility index (Phi) is 3.45. The molecule has 0 saturated carbocycles. The van der Waals surface area contributed by atoms with Gasteiger partial charge in [0, 0.05) is 6.08 Å². The number of carbonyl (C=O) groups is 1. The number of ether oxygens (including phenoxy) is 1. The Labute approximate surface area is 82.2 Å². The first-order chi connectivity index (χ1) is 6.77. The minimum atomic E-state index is -0.378. The van der Waals surface area contributed by atoms with E-state index in [0.717, 1.165) is 5.56 Å². The van der Waals surface area contributed by atoms with Crippen molar-refractivity contribution in [1.29, 1.82) is 5.26 Å². The van der Waals surface area contributed by atoms with Gasteiger partial charge in [-0.05, 0) is 23.8 Å². The Balaban J connectivity index is 2.96. The summed E-state index contributed by atoms with van der Waals surface area (Å²) in [6.45, 7) is 0. The molecule has 1 rings (SSSR count). The van der Waals surface area contributed by atoms with Gasteiger partial charge in [-0.15, -0.1) is 0 Å². The maximum Gasteiger partial charge on any atom is 0.337 e. The van der Waals surface area contributed by atoms with Crippen LogP contribution in [0.3, 0.4) is 0 Å². The van der Waals surface area contributed by atoms with E-state index in [1.807, 2.05) is 6.07 Å².